The van der Waals surface area contributed by atoms with Crippen molar-refractivity contribution in [3.05, 3.63) is 66.2 Å². The van der Waals surface area contributed by atoms with Crippen molar-refractivity contribution in [3.8, 4) is 11.5 Å². The number of fused-ring (bicyclic) bond motifs is 1. The number of ether oxygens (including phenoxy) is 2. The van der Waals surface area contributed by atoms with Gasteiger partial charge in [0.15, 0.2) is 0 Å². The molecule has 3 aromatic rings. The van der Waals surface area contributed by atoms with E-state index < -0.39 is 10.0 Å². The molecular weight excluding hydrogens is 362 g/mol. The first-order valence-corrected chi connectivity index (χ1v) is 10.2. The number of aryl methyl sites for hydroxylation is 1. The zero-order valence-electron chi connectivity index (χ0n) is 15.6. The zero-order valence-corrected chi connectivity index (χ0v) is 16.4. The molecule has 0 heterocycles. The lowest BCUT2D eigenvalue weighted by atomic mass is 10.1. The Hall–Kier alpha value is -2.57. The van der Waals surface area contributed by atoms with Gasteiger partial charge in [-0.3, -0.25) is 0 Å². The molecule has 0 radical (unpaired) electrons. The number of hydrogen-bond donors (Lipinski definition) is 1. The second kappa shape index (κ2) is 7.98. The molecule has 0 bridgehead atoms. The number of sulfonamides is 1. The lowest BCUT2D eigenvalue weighted by Gasteiger charge is -2.16. The maximum Gasteiger partial charge on any atom is 0.240 e. The predicted molar refractivity (Wildman–Crippen MR) is 107 cm³/mol. The summed E-state index contributed by atoms with van der Waals surface area (Å²) in [4.78, 5) is 0.224. The average molecular weight is 385 g/mol. The van der Waals surface area contributed by atoms with Gasteiger partial charge in [0.2, 0.25) is 10.0 Å². The van der Waals surface area contributed by atoms with Gasteiger partial charge < -0.3 is 9.47 Å². The van der Waals surface area contributed by atoms with Crippen molar-refractivity contribution in [1.82, 2.24) is 4.72 Å². The van der Waals surface area contributed by atoms with Crippen LogP contribution in [0, 0.1) is 6.92 Å². The van der Waals surface area contributed by atoms with E-state index in [-0.39, 0.29) is 17.5 Å². The number of nitrogens with one attached hydrogen (secondary N) is 1. The van der Waals surface area contributed by atoms with E-state index in [0.717, 1.165) is 22.1 Å². The molecule has 0 saturated heterocycles. The fraction of sp³-hybridized carbons (Fsp3) is 0.238. The summed E-state index contributed by atoms with van der Waals surface area (Å²) in [7, 11) is -2.04. The Morgan fingerprint density at radius 3 is 2.26 bits per heavy atom. The average Bonchev–Trinajstić information content (AvgIpc) is 2.66. The van der Waals surface area contributed by atoms with Crippen LogP contribution >= 0.6 is 0 Å². The van der Waals surface area contributed by atoms with Crippen molar-refractivity contribution < 1.29 is 17.9 Å². The molecule has 1 unspecified atom stereocenters. The van der Waals surface area contributed by atoms with Crippen LogP contribution in [0.2, 0.25) is 0 Å². The van der Waals surface area contributed by atoms with Gasteiger partial charge in [0.05, 0.1) is 18.0 Å². The van der Waals surface area contributed by atoms with Crippen LogP contribution in [0.5, 0.6) is 11.5 Å². The zero-order chi connectivity index (χ0) is 19.4. The molecule has 0 saturated carbocycles. The van der Waals surface area contributed by atoms with Gasteiger partial charge in [-0.1, -0.05) is 29.8 Å². The molecule has 5 nitrogen and oxygen atoms in total. The van der Waals surface area contributed by atoms with Gasteiger partial charge in [-0.15, -0.1) is 0 Å². The van der Waals surface area contributed by atoms with E-state index in [4.69, 9.17) is 9.47 Å². The first-order chi connectivity index (χ1) is 12.9. The van der Waals surface area contributed by atoms with Gasteiger partial charge in [0, 0.05) is 0 Å². The highest BCUT2D eigenvalue weighted by Crippen LogP contribution is 2.23. The Labute approximate surface area is 160 Å². The quantitative estimate of drug-likeness (QED) is 0.670. The maximum absolute atomic E-state index is 12.7. The summed E-state index contributed by atoms with van der Waals surface area (Å²) < 4.78 is 38.9. The summed E-state index contributed by atoms with van der Waals surface area (Å²) in [6, 6.07) is 17.8. The summed E-state index contributed by atoms with van der Waals surface area (Å²) >= 11 is 0. The third-order valence-corrected chi connectivity index (χ3v) is 5.79. The largest absolute Gasteiger partial charge is 0.497 e. The van der Waals surface area contributed by atoms with E-state index in [1.54, 1.807) is 32.2 Å². The second-order valence-electron chi connectivity index (χ2n) is 6.52. The van der Waals surface area contributed by atoms with Crippen LogP contribution in [-0.2, 0) is 10.0 Å². The SMILES string of the molecule is COc1ccc2cc(S(=O)(=O)NC(C)COc3ccc(C)cc3)ccc2c1. The highest BCUT2D eigenvalue weighted by Gasteiger charge is 2.18. The minimum atomic E-state index is -3.64. The molecule has 1 N–H and O–H groups in total. The Balaban J connectivity index is 1.69. The molecule has 0 aromatic heterocycles. The van der Waals surface area contributed by atoms with Crippen LogP contribution in [0.3, 0.4) is 0 Å². The van der Waals surface area contributed by atoms with Gasteiger partial charge in [-0.05, 0) is 61.0 Å². The van der Waals surface area contributed by atoms with Crippen LogP contribution in [0.15, 0.2) is 65.6 Å². The number of hydrogen-bond acceptors (Lipinski definition) is 4. The van der Waals surface area contributed by atoms with Crippen molar-refractivity contribution in [2.45, 2.75) is 24.8 Å². The molecule has 0 aliphatic carbocycles. The van der Waals surface area contributed by atoms with Gasteiger partial charge >= 0.3 is 0 Å². The molecule has 1 atom stereocenters. The van der Waals surface area contributed by atoms with Crippen molar-refractivity contribution in [2.75, 3.05) is 13.7 Å². The molecule has 0 spiro atoms. The molecule has 6 heteroatoms. The Kier molecular flexibility index (Phi) is 5.68. The van der Waals surface area contributed by atoms with Gasteiger partial charge in [0.1, 0.15) is 18.1 Å². The number of methoxy groups -OCH3 is 1. The van der Waals surface area contributed by atoms with E-state index in [0.29, 0.717) is 5.75 Å². The molecule has 27 heavy (non-hydrogen) atoms. The van der Waals surface area contributed by atoms with Crippen molar-refractivity contribution in [2.24, 2.45) is 0 Å². The summed E-state index contributed by atoms with van der Waals surface area (Å²) in [6.45, 7) is 4.02. The predicted octanol–water partition coefficient (Wildman–Crippen LogP) is 3.90. The van der Waals surface area contributed by atoms with E-state index in [1.165, 1.54) is 0 Å². The third-order valence-electron chi connectivity index (χ3n) is 4.21. The molecule has 3 rings (SSSR count). The van der Waals surface area contributed by atoms with Crippen LogP contribution in [0.25, 0.3) is 10.8 Å². The molecule has 0 fully saturated rings. The molecular formula is C21H23NO4S. The number of rotatable bonds is 7. The van der Waals surface area contributed by atoms with Crippen LogP contribution in [0.4, 0.5) is 0 Å². The fourth-order valence-corrected chi connectivity index (χ4v) is 3.98. The normalized spacial score (nSPS) is 12.7. The third kappa shape index (κ3) is 4.78. The lowest BCUT2D eigenvalue weighted by molar-refractivity contribution is 0.287. The van der Waals surface area contributed by atoms with E-state index in [2.05, 4.69) is 4.72 Å². The van der Waals surface area contributed by atoms with Crippen LogP contribution < -0.4 is 14.2 Å². The fourth-order valence-electron chi connectivity index (χ4n) is 2.72. The summed E-state index contributed by atoms with van der Waals surface area (Å²) in [6.07, 6.45) is 0. The van der Waals surface area contributed by atoms with Gasteiger partial charge in [-0.25, -0.2) is 13.1 Å². The summed E-state index contributed by atoms with van der Waals surface area (Å²) in [5.74, 6) is 1.45. The van der Waals surface area contributed by atoms with Crippen LogP contribution in [0.1, 0.15) is 12.5 Å². The Bertz CT molecular complexity index is 1030. The molecule has 0 aliphatic heterocycles. The molecule has 0 amide bonds. The monoisotopic (exact) mass is 385 g/mol. The highest BCUT2D eigenvalue weighted by atomic mass is 32.2. The number of benzene rings is 3. The molecule has 3 aromatic carbocycles. The Morgan fingerprint density at radius 2 is 1.56 bits per heavy atom. The topological polar surface area (TPSA) is 64.6 Å². The van der Waals surface area contributed by atoms with E-state index >= 15 is 0 Å². The first-order valence-electron chi connectivity index (χ1n) is 8.67. The standard InChI is InChI=1S/C21H23NO4S/c1-15-4-8-19(9-5-15)26-14-16(2)22-27(23,24)21-11-7-17-12-20(25-3)10-6-18(17)13-21/h4-13,16,22H,14H2,1-3H3. The van der Waals surface area contributed by atoms with Crippen molar-refractivity contribution in [1.29, 1.82) is 0 Å². The van der Waals surface area contributed by atoms with Gasteiger partial charge in [-0.2, -0.15) is 0 Å². The first kappa shape index (κ1) is 19.2. The van der Waals surface area contributed by atoms with E-state index in [9.17, 15) is 8.42 Å². The lowest BCUT2D eigenvalue weighted by Crippen LogP contribution is -2.36. The second-order valence-corrected chi connectivity index (χ2v) is 8.24. The minimum absolute atomic E-state index is 0.224. The molecule has 142 valence electrons. The minimum Gasteiger partial charge on any atom is -0.497 e. The summed E-state index contributed by atoms with van der Waals surface area (Å²) in [5, 5.41) is 1.76. The van der Waals surface area contributed by atoms with Gasteiger partial charge in [0.25, 0.3) is 0 Å². The molecule has 0 aliphatic rings. The smallest absolute Gasteiger partial charge is 0.240 e. The van der Waals surface area contributed by atoms with Crippen molar-refractivity contribution in [3.63, 3.8) is 0 Å². The highest BCUT2D eigenvalue weighted by molar-refractivity contribution is 7.89. The maximum atomic E-state index is 12.7. The Morgan fingerprint density at radius 1 is 0.926 bits per heavy atom. The summed E-state index contributed by atoms with van der Waals surface area (Å²) in [5.41, 5.74) is 1.14. The van der Waals surface area contributed by atoms with E-state index in [1.807, 2.05) is 49.4 Å². The van der Waals surface area contributed by atoms with Crippen molar-refractivity contribution >= 4 is 20.8 Å². The van der Waals surface area contributed by atoms with Crippen LogP contribution in [-0.4, -0.2) is 28.2 Å².